The number of hydrogen-bond donors (Lipinski definition) is 0. The molecule has 0 atom stereocenters. The van der Waals surface area contributed by atoms with E-state index in [0.717, 1.165) is 15.1 Å². The molecule has 23 heavy (non-hydrogen) atoms. The van der Waals surface area contributed by atoms with E-state index < -0.39 is 5.91 Å². The van der Waals surface area contributed by atoms with Gasteiger partial charge in [-0.2, -0.15) is 4.99 Å². The average Bonchev–Trinajstić information content (AvgIpc) is 3.11. The van der Waals surface area contributed by atoms with Gasteiger partial charge in [-0.15, -0.1) is 18.2 Å². The van der Waals surface area contributed by atoms with Gasteiger partial charge in [0, 0.05) is 11.0 Å². The first-order chi connectivity index (χ1) is 11.1. The van der Waals surface area contributed by atoms with Crippen LogP contribution in [0.5, 0.6) is 0 Å². The van der Waals surface area contributed by atoms with E-state index in [0.29, 0.717) is 17.0 Å². The molecule has 0 N–H and O–H groups in total. The number of benzene rings is 1. The van der Waals surface area contributed by atoms with Crippen molar-refractivity contribution in [3.8, 4) is 12.3 Å². The number of carbonyl (C=O) groups is 1. The van der Waals surface area contributed by atoms with Crippen molar-refractivity contribution in [3.05, 3.63) is 40.5 Å². The van der Waals surface area contributed by atoms with Crippen LogP contribution in [0.3, 0.4) is 0 Å². The van der Waals surface area contributed by atoms with Gasteiger partial charge < -0.3 is 9.09 Å². The normalized spacial score (nSPS) is 11.8. The van der Waals surface area contributed by atoms with Crippen molar-refractivity contribution in [1.82, 2.24) is 9.72 Å². The number of carbonyl (C=O) groups excluding carboxylic acids is 1. The van der Waals surface area contributed by atoms with Gasteiger partial charge in [-0.3, -0.25) is 4.79 Å². The Morgan fingerprint density at radius 1 is 1.52 bits per heavy atom. The molecule has 0 aliphatic rings. The van der Waals surface area contributed by atoms with Gasteiger partial charge in [0.2, 0.25) is 5.76 Å². The second-order valence-corrected chi connectivity index (χ2v) is 6.65. The molecule has 0 aliphatic carbocycles. The number of thiazole rings is 1. The molecule has 3 rings (SSSR count). The molecular weight excluding hydrogens is 330 g/mol. The fourth-order valence-electron chi connectivity index (χ4n) is 2.12. The summed E-state index contributed by atoms with van der Waals surface area (Å²) in [6.07, 6.45) is 7.47. The molecule has 2 aromatic heterocycles. The van der Waals surface area contributed by atoms with Crippen LogP contribution in [0.25, 0.3) is 10.2 Å². The molecule has 0 aliphatic heterocycles. The summed E-state index contributed by atoms with van der Waals surface area (Å²) in [6, 6.07) is 7.66. The summed E-state index contributed by atoms with van der Waals surface area (Å²) in [6.45, 7) is 2.10. The summed E-state index contributed by atoms with van der Waals surface area (Å²) in [4.78, 5) is 18.1. The zero-order chi connectivity index (χ0) is 16.4. The van der Waals surface area contributed by atoms with Gasteiger partial charge in [-0.25, -0.2) is 0 Å². The Bertz CT molecular complexity index is 989. The SMILES string of the molecule is C#CCn1c(=NC(=O)c2cc(C)no2)sc2cc(SC)ccc21. The van der Waals surface area contributed by atoms with Gasteiger partial charge in [0.1, 0.15) is 0 Å². The van der Waals surface area contributed by atoms with Gasteiger partial charge in [0.25, 0.3) is 0 Å². The number of nitrogens with zero attached hydrogens (tertiary/aromatic N) is 3. The lowest BCUT2D eigenvalue weighted by atomic mass is 10.3. The van der Waals surface area contributed by atoms with Crippen LogP contribution in [-0.2, 0) is 6.54 Å². The number of amides is 1. The van der Waals surface area contributed by atoms with Crippen LogP contribution in [0.15, 0.2) is 38.7 Å². The second kappa shape index (κ2) is 6.44. The van der Waals surface area contributed by atoms with E-state index in [1.54, 1.807) is 24.8 Å². The van der Waals surface area contributed by atoms with Crippen LogP contribution in [-0.4, -0.2) is 21.9 Å². The highest BCUT2D eigenvalue weighted by atomic mass is 32.2. The van der Waals surface area contributed by atoms with Crippen molar-refractivity contribution >= 4 is 39.2 Å². The fraction of sp³-hybridized carbons (Fsp3) is 0.188. The van der Waals surface area contributed by atoms with E-state index in [1.165, 1.54) is 11.3 Å². The Kier molecular flexibility index (Phi) is 4.37. The Hall–Kier alpha value is -2.30. The van der Waals surface area contributed by atoms with E-state index in [-0.39, 0.29) is 5.76 Å². The predicted molar refractivity (Wildman–Crippen MR) is 91.6 cm³/mol. The molecule has 5 nitrogen and oxygen atoms in total. The summed E-state index contributed by atoms with van der Waals surface area (Å²) >= 11 is 3.09. The first-order valence-corrected chi connectivity index (χ1v) is 8.79. The number of hydrogen-bond acceptors (Lipinski definition) is 5. The van der Waals surface area contributed by atoms with Crippen LogP contribution in [0.2, 0.25) is 0 Å². The van der Waals surface area contributed by atoms with Gasteiger partial charge in [-0.1, -0.05) is 22.4 Å². The summed E-state index contributed by atoms with van der Waals surface area (Å²) < 4.78 is 7.85. The standard InChI is InChI=1S/C16H13N3O2S2/c1-4-7-19-12-6-5-11(22-3)9-14(12)23-16(19)17-15(20)13-8-10(2)18-21-13/h1,5-6,8-9H,7H2,2-3H3. The summed E-state index contributed by atoms with van der Waals surface area (Å²) in [5.41, 5.74) is 1.60. The number of aromatic nitrogens is 2. The van der Waals surface area contributed by atoms with E-state index in [2.05, 4.69) is 22.1 Å². The van der Waals surface area contributed by atoms with E-state index >= 15 is 0 Å². The molecule has 0 unspecified atom stereocenters. The third-order valence-corrected chi connectivity index (χ3v) is 4.94. The van der Waals surface area contributed by atoms with Crippen molar-refractivity contribution in [1.29, 1.82) is 0 Å². The lowest BCUT2D eigenvalue weighted by molar-refractivity contribution is 0.0962. The van der Waals surface area contributed by atoms with Crippen molar-refractivity contribution in [2.24, 2.45) is 4.99 Å². The topological polar surface area (TPSA) is 60.4 Å². The Morgan fingerprint density at radius 2 is 2.35 bits per heavy atom. The summed E-state index contributed by atoms with van der Waals surface area (Å²) in [5.74, 6) is 2.26. The largest absolute Gasteiger partial charge is 0.351 e. The molecule has 0 fully saturated rings. The van der Waals surface area contributed by atoms with Gasteiger partial charge >= 0.3 is 5.91 Å². The minimum Gasteiger partial charge on any atom is -0.351 e. The number of rotatable bonds is 3. The molecule has 2 heterocycles. The molecule has 0 saturated carbocycles. The molecule has 0 bridgehead atoms. The molecular formula is C16H13N3O2S2. The molecule has 0 spiro atoms. The maximum atomic E-state index is 12.2. The van der Waals surface area contributed by atoms with Crippen molar-refractivity contribution in [2.45, 2.75) is 18.4 Å². The second-order valence-electron chi connectivity index (χ2n) is 4.76. The number of fused-ring (bicyclic) bond motifs is 1. The number of terminal acetylenes is 1. The summed E-state index contributed by atoms with van der Waals surface area (Å²) in [7, 11) is 0. The number of aryl methyl sites for hydroxylation is 1. The van der Waals surface area contributed by atoms with Gasteiger partial charge in [0.05, 0.1) is 22.5 Å². The van der Waals surface area contributed by atoms with E-state index in [4.69, 9.17) is 10.9 Å². The van der Waals surface area contributed by atoms with Crippen molar-refractivity contribution in [2.75, 3.05) is 6.26 Å². The Balaban J connectivity index is 2.15. The van der Waals surface area contributed by atoms with Crippen LogP contribution in [0.4, 0.5) is 0 Å². The molecule has 1 aromatic carbocycles. The number of thioether (sulfide) groups is 1. The first kappa shape index (κ1) is 15.6. The van der Waals surface area contributed by atoms with Crippen LogP contribution < -0.4 is 4.80 Å². The van der Waals surface area contributed by atoms with E-state index in [1.807, 2.05) is 23.0 Å². The lowest BCUT2D eigenvalue weighted by Gasteiger charge is -2.00. The van der Waals surface area contributed by atoms with Crippen molar-refractivity contribution < 1.29 is 9.32 Å². The van der Waals surface area contributed by atoms with Crippen LogP contribution in [0.1, 0.15) is 16.2 Å². The maximum Gasteiger partial charge on any atom is 0.318 e. The smallest absolute Gasteiger partial charge is 0.318 e. The van der Waals surface area contributed by atoms with Gasteiger partial charge in [-0.05, 0) is 31.4 Å². The van der Waals surface area contributed by atoms with Gasteiger partial charge in [0.15, 0.2) is 4.80 Å². The first-order valence-electron chi connectivity index (χ1n) is 6.75. The predicted octanol–water partition coefficient (Wildman–Crippen LogP) is 3.10. The molecule has 0 saturated heterocycles. The lowest BCUT2D eigenvalue weighted by Crippen LogP contribution is -2.16. The third-order valence-electron chi connectivity index (χ3n) is 3.18. The highest BCUT2D eigenvalue weighted by Gasteiger charge is 2.12. The monoisotopic (exact) mass is 343 g/mol. The van der Waals surface area contributed by atoms with E-state index in [9.17, 15) is 4.79 Å². The Labute approximate surface area is 141 Å². The summed E-state index contributed by atoms with van der Waals surface area (Å²) in [5, 5.41) is 3.71. The van der Waals surface area contributed by atoms with Crippen LogP contribution in [0, 0.1) is 19.3 Å². The van der Waals surface area contributed by atoms with Crippen molar-refractivity contribution in [3.63, 3.8) is 0 Å². The third kappa shape index (κ3) is 3.09. The molecule has 3 aromatic rings. The Morgan fingerprint density at radius 3 is 3.00 bits per heavy atom. The highest BCUT2D eigenvalue weighted by molar-refractivity contribution is 7.98. The zero-order valence-electron chi connectivity index (χ0n) is 12.6. The average molecular weight is 343 g/mol. The zero-order valence-corrected chi connectivity index (χ0v) is 14.2. The minimum absolute atomic E-state index is 0.122. The molecule has 1 amide bonds. The quantitative estimate of drug-likeness (QED) is 0.542. The molecule has 0 radical (unpaired) electrons. The fourth-order valence-corrected chi connectivity index (χ4v) is 3.70. The maximum absolute atomic E-state index is 12.2. The van der Waals surface area contributed by atoms with Crippen LogP contribution >= 0.6 is 23.1 Å². The highest BCUT2D eigenvalue weighted by Crippen LogP contribution is 2.24. The molecule has 116 valence electrons. The molecule has 7 heteroatoms. The minimum atomic E-state index is -0.465.